The Morgan fingerprint density at radius 1 is 1.60 bits per heavy atom. The Balaban J connectivity index is 1.94. The van der Waals surface area contributed by atoms with E-state index < -0.39 is 4.33 Å². The summed E-state index contributed by atoms with van der Waals surface area (Å²) < 4.78 is -0.525. The van der Waals surface area contributed by atoms with Crippen molar-refractivity contribution in [3.8, 4) is 0 Å². The number of aryl methyl sites for hydroxylation is 1. The third kappa shape index (κ3) is 2.89. The maximum Gasteiger partial charge on any atom is 0.189 e. The van der Waals surface area contributed by atoms with E-state index in [0.717, 1.165) is 17.9 Å². The Hall–Kier alpha value is -0.190. The Labute approximate surface area is 103 Å². The molecule has 0 bridgehead atoms. The van der Waals surface area contributed by atoms with Crippen LogP contribution < -0.4 is 5.73 Å². The van der Waals surface area contributed by atoms with Gasteiger partial charge in [0.15, 0.2) is 5.16 Å². The van der Waals surface area contributed by atoms with E-state index in [-0.39, 0.29) is 0 Å². The molecule has 3 nitrogen and oxygen atoms in total. The quantitative estimate of drug-likeness (QED) is 0.518. The minimum Gasteiger partial charge on any atom is -0.384 e. The van der Waals surface area contributed by atoms with E-state index in [4.69, 9.17) is 28.9 Å². The number of alkyl halides is 2. The van der Waals surface area contributed by atoms with Gasteiger partial charge in [0.1, 0.15) is 10.2 Å². The molecule has 6 heteroatoms. The van der Waals surface area contributed by atoms with Crippen molar-refractivity contribution in [3.63, 3.8) is 0 Å². The minimum atomic E-state index is -0.525. The lowest BCUT2D eigenvalue weighted by Gasteiger charge is -2.02. The molecule has 1 aromatic heterocycles. The first-order valence-electron chi connectivity index (χ1n) is 4.59. The molecule has 1 heterocycles. The summed E-state index contributed by atoms with van der Waals surface area (Å²) >= 11 is 13.4. The number of hydrogen-bond acceptors (Lipinski definition) is 4. The zero-order valence-electron chi connectivity index (χ0n) is 8.20. The van der Waals surface area contributed by atoms with Crippen molar-refractivity contribution < 1.29 is 0 Å². The van der Waals surface area contributed by atoms with E-state index in [1.807, 2.05) is 6.92 Å². The fourth-order valence-corrected chi connectivity index (χ4v) is 3.10. The van der Waals surface area contributed by atoms with Crippen LogP contribution in [0.25, 0.3) is 0 Å². The summed E-state index contributed by atoms with van der Waals surface area (Å²) in [6, 6.07) is 1.74. The van der Waals surface area contributed by atoms with E-state index in [0.29, 0.717) is 16.9 Å². The van der Waals surface area contributed by atoms with Crippen molar-refractivity contribution in [2.45, 2.75) is 22.8 Å². The lowest BCUT2D eigenvalue weighted by Crippen LogP contribution is -1.99. The number of nitrogens with zero attached hydrogens (tertiary/aromatic N) is 2. The molecule has 1 saturated carbocycles. The average molecular weight is 264 g/mol. The molecular weight excluding hydrogens is 253 g/mol. The van der Waals surface area contributed by atoms with Gasteiger partial charge in [-0.2, -0.15) is 0 Å². The average Bonchev–Trinajstić information content (AvgIpc) is 2.69. The molecule has 1 fully saturated rings. The van der Waals surface area contributed by atoms with Crippen LogP contribution in [0.3, 0.4) is 0 Å². The van der Waals surface area contributed by atoms with Gasteiger partial charge in [-0.1, -0.05) is 11.8 Å². The first-order chi connectivity index (χ1) is 6.97. The smallest absolute Gasteiger partial charge is 0.189 e. The summed E-state index contributed by atoms with van der Waals surface area (Å²) in [7, 11) is 0. The number of halogens is 2. The summed E-state index contributed by atoms with van der Waals surface area (Å²) in [5.74, 6) is 1.69. The minimum absolute atomic E-state index is 0.344. The zero-order chi connectivity index (χ0) is 11.1. The molecule has 1 aliphatic rings. The van der Waals surface area contributed by atoms with Gasteiger partial charge < -0.3 is 5.73 Å². The largest absolute Gasteiger partial charge is 0.384 e. The van der Waals surface area contributed by atoms with E-state index in [2.05, 4.69) is 9.97 Å². The van der Waals surface area contributed by atoms with Crippen LogP contribution in [0.4, 0.5) is 5.82 Å². The first kappa shape index (κ1) is 11.3. The molecular formula is C9H11Cl2N3S. The molecule has 2 rings (SSSR count). The number of aromatic nitrogens is 2. The fourth-order valence-electron chi connectivity index (χ4n) is 1.25. The van der Waals surface area contributed by atoms with Gasteiger partial charge in [-0.3, -0.25) is 0 Å². The predicted molar refractivity (Wildman–Crippen MR) is 64.4 cm³/mol. The Bertz CT molecular complexity index is 363. The third-order valence-electron chi connectivity index (χ3n) is 2.22. The van der Waals surface area contributed by atoms with Crippen LogP contribution in [0.5, 0.6) is 0 Å². The molecule has 0 amide bonds. The van der Waals surface area contributed by atoms with Crippen LogP contribution in [0.1, 0.15) is 12.1 Å². The molecule has 0 radical (unpaired) electrons. The number of thioether (sulfide) groups is 1. The van der Waals surface area contributed by atoms with Crippen molar-refractivity contribution in [1.82, 2.24) is 9.97 Å². The van der Waals surface area contributed by atoms with Crippen LogP contribution >= 0.6 is 35.0 Å². The highest BCUT2D eigenvalue weighted by atomic mass is 35.5. The number of nitrogen functional groups attached to an aromatic ring is 1. The van der Waals surface area contributed by atoms with Crippen LogP contribution in [-0.2, 0) is 0 Å². The molecule has 1 atom stereocenters. The van der Waals surface area contributed by atoms with Gasteiger partial charge in [-0.25, -0.2) is 9.97 Å². The molecule has 1 aromatic rings. The molecule has 0 saturated heterocycles. The fraction of sp³-hybridized carbons (Fsp3) is 0.556. The number of rotatable bonds is 3. The molecule has 0 aromatic carbocycles. The zero-order valence-corrected chi connectivity index (χ0v) is 10.5. The van der Waals surface area contributed by atoms with Crippen LogP contribution in [0.15, 0.2) is 11.2 Å². The van der Waals surface area contributed by atoms with E-state index in [1.165, 1.54) is 0 Å². The van der Waals surface area contributed by atoms with E-state index in [1.54, 1.807) is 17.8 Å². The lowest BCUT2D eigenvalue weighted by molar-refractivity contribution is 0.923. The Morgan fingerprint density at radius 2 is 2.27 bits per heavy atom. The van der Waals surface area contributed by atoms with Crippen LogP contribution in [0.2, 0.25) is 0 Å². The van der Waals surface area contributed by atoms with Gasteiger partial charge in [-0.15, -0.1) is 23.2 Å². The van der Waals surface area contributed by atoms with Crippen molar-refractivity contribution in [3.05, 3.63) is 11.8 Å². The SMILES string of the molecule is Cc1cc(N)nc(SC[C@@H]2CC2(Cl)Cl)n1. The molecule has 2 N–H and O–H groups in total. The number of anilines is 1. The molecule has 0 aliphatic heterocycles. The Kier molecular flexibility index (Phi) is 3.01. The van der Waals surface area contributed by atoms with E-state index >= 15 is 0 Å². The van der Waals surface area contributed by atoms with Gasteiger partial charge >= 0.3 is 0 Å². The maximum absolute atomic E-state index is 5.92. The standard InChI is InChI=1S/C9H11Cl2N3S/c1-5-2-7(12)14-8(13-5)15-4-6-3-9(6,10)11/h2,6H,3-4H2,1H3,(H2,12,13,14)/t6-/m0/s1. The van der Waals surface area contributed by atoms with Gasteiger partial charge in [-0.05, 0) is 13.3 Å². The summed E-state index contributed by atoms with van der Waals surface area (Å²) in [4.78, 5) is 8.39. The highest BCUT2D eigenvalue weighted by molar-refractivity contribution is 7.99. The van der Waals surface area contributed by atoms with Gasteiger partial charge in [0.2, 0.25) is 0 Å². The van der Waals surface area contributed by atoms with Crippen LogP contribution in [0, 0.1) is 12.8 Å². The third-order valence-corrected chi connectivity index (χ3v) is 4.16. The first-order valence-corrected chi connectivity index (χ1v) is 6.33. The summed E-state index contributed by atoms with van der Waals surface area (Å²) in [5, 5.41) is 0.698. The van der Waals surface area contributed by atoms with Crippen molar-refractivity contribution in [1.29, 1.82) is 0 Å². The number of hydrogen-bond donors (Lipinski definition) is 1. The van der Waals surface area contributed by atoms with Gasteiger partial charge in [0.05, 0.1) is 0 Å². The second-order valence-corrected chi connectivity index (χ2v) is 6.22. The Morgan fingerprint density at radius 3 is 2.80 bits per heavy atom. The topological polar surface area (TPSA) is 51.8 Å². The van der Waals surface area contributed by atoms with Gasteiger partial charge in [0, 0.05) is 23.4 Å². The van der Waals surface area contributed by atoms with E-state index in [9.17, 15) is 0 Å². The molecule has 15 heavy (non-hydrogen) atoms. The lowest BCUT2D eigenvalue weighted by atomic mass is 10.4. The maximum atomic E-state index is 5.92. The normalized spacial score (nSPS) is 22.7. The molecule has 0 unspecified atom stereocenters. The van der Waals surface area contributed by atoms with Crippen molar-refractivity contribution in [2.75, 3.05) is 11.5 Å². The predicted octanol–water partition coefficient (Wildman–Crippen LogP) is 2.65. The van der Waals surface area contributed by atoms with Crippen molar-refractivity contribution >= 4 is 40.8 Å². The molecule has 82 valence electrons. The highest BCUT2D eigenvalue weighted by Gasteiger charge is 2.51. The summed E-state index contributed by atoms with van der Waals surface area (Å²) in [5.41, 5.74) is 6.50. The molecule has 1 aliphatic carbocycles. The second-order valence-electron chi connectivity index (χ2n) is 3.69. The van der Waals surface area contributed by atoms with Crippen molar-refractivity contribution in [2.24, 2.45) is 5.92 Å². The molecule has 0 spiro atoms. The van der Waals surface area contributed by atoms with Crippen LogP contribution in [-0.4, -0.2) is 20.1 Å². The monoisotopic (exact) mass is 263 g/mol. The summed E-state index contributed by atoms with van der Waals surface area (Å²) in [6.45, 7) is 1.90. The number of nitrogens with two attached hydrogens (primary N) is 1. The summed E-state index contributed by atoms with van der Waals surface area (Å²) in [6.07, 6.45) is 0.852. The second kappa shape index (κ2) is 4.00. The highest BCUT2D eigenvalue weighted by Crippen LogP contribution is 2.54. The van der Waals surface area contributed by atoms with Gasteiger partial charge in [0.25, 0.3) is 0 Å².